The molecule has 5 heteroatoms. The zero-order valence-corrected chi connectivity index (χ0v) is 10.0. The van der Waals surface area contributed by atoms with E-state index in [4.69, 9.17) is 5.73 Å². The Kier molecular flexibility index (Phi) is 4.06. The van der Waals surface area contributed by atoms with Crippen LogP contribution in [0.15, 0.2) is 4.79 Å². The van der Waals surface area contributed by atoms with Gasteiger partial charge in [-0.05, 0) is 20.3 Å². The molecule has 90 valence electrons. The monoisotopic (exact) mass is 225 g/mol. The summed E-state index contributed by atoms with van der Waals surface area (Å²) in [4.78, 5) is 11.8. The number of nitrogen functional groups attached to an aromatic ring is 1. The molecule has 0 bridgehead atoms. The van der Waals surface area contributed by atoms with Gasteiger partial charge >= 0.3 is 0 Å². The number of rotatable bonds is 4. The highest BCUT2D eigenvalue weighted by molar-refractivity contribution is 5.47. The van der Waals surface area contributed by atoms with Gasteiger partial charge in [-0.1, -0.05) is 13.3 Å². The van der Waals surface area contributed by atoms with Crippen molar-refractivity contribution in [3.63, 3.8) is 0 Å². The minimum Gasteiger partial charge on any atom is -0.394 e. The van der Waals surface area contributed by atoms with Gasteiger partial charge in [-0.25, -0.2) is 4.68 Å². The van der Waals surface area contributed by atoms with Crippen LogP contribution in [0.4, 0.5) is 5.69 Å². The second kappa shape index (κ2) is 5.12. The summed E-state index contributed by atoms with van der Waals surface area (Å²) in [5.41, 5.74) is 6.58. The molecule has 1 rings (SSSR count). The number of aromatic nitrogens is 2. The van der Waals surface area contributed by atoms with Crippen molar-refractivity contribution in [2.45, 2.75) is 46.3 Å². The fourth-order valence-electron chi connectivity index (χ4n) is 1.72. The van der Waals surface area contributed by atoms with Gasteiger partial charge < -0.3 is 10.8 Å². The molecule has 0 saturated carbocycles. The SMILES string of the molecule is CCCCn1nc(C)c(C(C)O)c(N)c1=O. The topological polar surface area (TPSA) is 81.1 Å². The minimum absolute atomic E-state index is 0.110. The van der Waals surface area contributed by atoms with E-state index in [1.54, 1.807) is 13.8 Å². The third-order valence-electron chi connectivity index (χ3n) is 2.56. The first-order chi connectivity index (χ1) is 7.49. The molecule has 0 amide bonds. The summed E-state index contributed by atoms with van der Waals surface area (Å²) in [7, 11) is 0. The minimum atomic E-state index is -0.763. The quantitative estimate of drug-likeness (QED) is 0.800. The Morgan fingerprint density at radius 3 is 2.69 bits per heavy atom. The van der Waals surface area contributed by atoms with Crippen molar-refractivity contribution in [2.24, 2.45) is 0 Å². The highest BCUT2D eigenvalue weighted by Crippen LogP contribution is 2.19. The standard InChI is InChI=1S/C11H19N3O2/c1-4-5-6-14-11(16)10(12)9(8(3)15)7(2)13-14/h8,15H,4-6,12H2,1-3H3. The average molecular weight is 225 g/mol. The molecule has 1 aromatic heterocycles. The first-order valence-electron chi connectivity index (χ1n) is 5.54. The van der Waals surface area contributed by atoms with E-state index in [2.05, 4.69) is 5.10 Å². The molecule has 5 nitrogen and oxygen atoms in total. The number of nitrogens with zero attached hydrogens (tertiary/aromatic N) is 2. The van der Waals surface area contributed by atoms with Gasteiger partial charge in [0.1, 0.15) is 5.69 Å². The smallest absolute Gasteiger partial charge is 0.290 e. The van der Waals surface area contributed by atoms with E-state index in [0.717, 1.165) is 12.8 Å². The molecule has 1 aromatic rings. The maximum atomic E-state index is 11.8. The molecule has 1 atom stereocenters. The van der Waals surface area contributed by atoms with Crippen LogP contribution in [0.5, 0.6) is 0 Å². The average Bonchev–Trinajstić information content (AvgIpc) is 2.21. The molecule has 1 unspecified atom stereocenters. The van der Waals surface area contributed by atoms with Gasteiger partial charge in [0.15, 0.2) is 0 Å². The van der Waals surface area contributed by atoms with E-state index >= 15 is 0 Å². The number of hydrogen-bond acceptors (Lipinski definition) is 4. The van der Waals surface area contributed by atoms with E-state index < -0.39 is 6.10 Å². The van der Waals surface area contributed by atoms with Crippen LogP contribution in [0.1, 0.15) is 44.1 Å². The molecule has 1 heterocycles. The summed E-state index contributed by atoms with van der Waals surface area (Å²) < 4.78 is 1.38. The number of anilines is 1. The zero-order chi connectivity index (χ0) is 12.3. The first kappa shape index (κ1) is 12.7. The van der Waals surface area contributed by atoms with E-state index in [1.165, 1.54) is 4.68 Å². The summed E-state index contributed by atoms with van der Waals surface area (Å²) in [6.07, 6.45) is 1.12. The van der Waals surface area contributed by atoms with Crippen molar-refractivity contribution >= 4 is 5.69 Å². The molecule has 0 saturated heterocycles. The van der Waals surface area contributed by atoms with Gasteiger partial charge in [0.05, 0.1) is 11.8 Å². The lowest BCUT2D eigenvalue weighted by Crippen LogP contribution is -2.28. The largest absolute Gasteiger partial charge is 0.394 e. The van der Waals surface area contributed by atoms with Crippen LogP contribution in [-0.2, 0) is 6.54 Å². The van der Waals surface area contributed by atoms with Crippen LogP contribution in [0.3, 0.4) is 0 Å². The Labute approximate surface area is 94.9 Å². The second-order valence-corrected chi connectivity index (χ2v) is 3.97. The number of unbranched alkanes of at least 4 members (excludes halogenated alkanes) is 1. The summed E-state index contributed by atoms with van der Waals surface area (Å²) >= 11 is 0. The number of hydrogen-bond donors (Lipinski definition) is 2. The van der Waals surface area contributed by atoms with Gasteiger partial charge in [0.25, 0.3) is 5.56 Å². The van der Waals surface area contributed by atoms with Crippen molar-refractivity contribution < 1.29 is 5.11 Å². The third kappa shape index (κ3) is 2.41. The predicted molar refractivity (Wildman–Crippen MR) is 63.2 cm³/mol. The molecular formula is C11H19N3O2. The van der Waals surface area contributed by atoms with Crippen LogP contribution in [-0.4, -0.2) is 14.9 Å². The Morgan fingerprint density at radius 2 is 2.19 bits per heavy atom. The van der Waals surface area contributed by atoms with Crippen LogP contribution >= 0.6 is 0 Å². The van der Waals surface area contributed by atoms with Crippen molar-refractivity contribution in [1.29, 1.82) is 0 Å². The fraction of sp³-hybridized carbons (Fsp3) is 0.636. The lowest BCUT2D eigenvalue weighted by Gasteiger charge is -2.13. The molecule has 0 aliphatic heterocycles. The molecule has 0 aliphatic rings. The molecule has 0 spiro atoms. The molecule has 0 fully saturated rings. The Morgan fingerprint density at radius 1 is 1.56 bits per heavy atom. The van der Waals surface area contributed by atoms with E-state index in [9.17, 15) is 9.90 Å². The molecule has 16 heavy (non-hydrogen) atoms. The van der Waals surface area contributed by atoms with Crippen LogP contribution in [0.2, 0.25) is 0 Å². The summed E-state index contributed by atoms with van der Waals surface area (Å²) in [6, 6.07) is 0. The van der Waals surface area contributed by atoms with Crippen LogP contribution in [0.25, 0.3) is 0 Å². The summed E-state index contributed by atoms with van der Waals surface area (Å²) in [5.74, 6) is 0. The maximum absolute atomic E-state index is 11.8. The Bertz CT molecular complexity index is 424. The van der Waals surface area contributed by atoms with Crippen LogP contribution < -0.4 is 11.3 Å². The van der Waals surface area contributed by atoms with Gasteiger partial charge in [0.2, 0.25) is 0 Å². The van der Waals surface area contributed by atoms with Crippen molar-refractivity contribution in [3.8, 4) is 0 Å². The van der Waals surface area contributed by atoms with Gasteiger partial charge in [-0.3, -0.25) is 4.79 Å². The lowest BCUT2D eigenvalue weighted by molar-refractivity contribution is 0.198. The molecule has 0 aliphatic carbocycles. The highest BCUT2D eigenvalue weighted by Gasteiger charge is 2.15. The van der Waals surface area contributed by atoms with Gasteiger partial charge in [0, 0.05) is 12.1 Å². The van der Waals surface area contributed by atoms with E-state index in [-0.39, 0.29) is 11.2 Å². The van der Waals surface area contributed by atoms with Gasteiger partial charge in [-0.15, -0.1) is 0 Å². The molecule has 3 N–H and O–H groups in total. The summed E-state index contributed by atoms with van der Waals surface area (Å²) in [5, 5.41) is 13.7. The Hall–Kier alpha value is -1.36. The highest BCUT2D eigenvalue weighted by atomic mass is 16.3. The number of aliphatic hydroxyl groups excluding tert-OH is 1. The van der Waals surface area contributed by atoms with Crippen molar-refractivity contribution in [2.75, 3.05) is 5.73 Å². The van der Waals surface area contributed by atoms with Crippen LogP contribution in [0, 0.1) is 6.92 Å². The molecule has 0 radical (unpaired) electrons. The van der Waals surface area contributed by atoms with Crippen molar-refractivity contribution in [1.82, 2.24) is 9.78 Å². The number of aryl methyl sites for hydroxylation is 2. The van der Waals surface area contributed by atoms with Crippen molar-refractivity contribution in [3.05, 3.63) is 21.6 Å². The fourth-order valence-corrected chi connectivity index (χ4v) is 1.72. The number of aliphatic hydroxyl groups is 1. The normalized spacial score (nSPS) is 12.8. The maximum Gasteiger partial charge on any atom is 0.290 e. The molecular weight excluding hydrogens is 206 g/mol. The van der Waals surface area contributed by atoms with E-state index in [1.807, 2.05) is 6.92 Å². The zero-order valence-electron chi connectivity index (χ0n) is 10.0. The van der Waals surface area contributed by atoms with Gasteiger partial charge in [-0.2, -0.15) is 5.10 Å². The first-order valence-corrected chi connectivity index (χ1v) is 5.54. The second-order valence-electron chi connectivity index (χ2n) is 3.97. The lowest BCUT2D eigenvalue weighted by atomic mass is 10.1. The Balaban J connectivity index is 3.23. The third-order valence-corrected chi connectivity index (χ3v) is 2.56. The summed E-state index contributed by atoms with van der Waals surface area (Å²) in [6.45, 7) is 5.95. The predicted octanol–water partition coefficient (Wildman–Crippen LogP) is 0.987. The molecule has 0 aromatic carbocycles. The van der Waals surface area contributed by atoms with E-state index in [0.29, 0.717) is 17.8 Å². The number of nitrogens with two attached hydrogens (primary N) is 1.